The largest absolute Gasteiger partial charge is 0.467 e. The van der Waals surface area contributed by atoms with Gasteiger partial charge in [0.05, 0.1) is 12.7 Å². The summed E-state index contributed by atoms with van der Waals surface area (Å²) in [5.41, 5.74) is 0.126. The second-order valence-electron chi connectivity index (χ2n) is 3.34. The molecular formula is C11H11BrFNO3. The van der Waals surface area contributed by atoms with Gasteiger partial charge in [-0.3, -0.25) is 4.79 Å². The van der Waals surface area contributed by atoms with Crippen LogP contribution in [0, 0.1) is 5.82 Å². The van der Waals surface area contributed by atoms with Gasteiger partial charge in [0.2, 0.25) is 0 Å². The van der Waals surface area contributed by atoms with Crippen molar-refractivity contribution in [2.45, 2.75) is 13.0 Å². The van der Waals surface area contributed by atoms with Gasteiger partial charge in [-0.25, -0.2) is 9.18 Å². The van der Waals surface area contributed by atoms with E-state index >= 15 is 0 Å². The second-order valence-corrected chi connectivity index (χ2v) is 4.20. The number of benzene rings is 1. The summed E-state index contributed by atoms with van der Waals surface area (Å²) in [5, 5.41) is 2.40. The lowest BCUT2D eigenvalue weighted by Gasteiger charge is -2.12. The van der Waals surface area contributed by atoms with Crippen molar-refractivity contribution < 1.29 is 18.7 Å². The van der Waals surface area contributed by atoms with Crippen LogP contribution in [0.15, 0.2) is 22.7 Å². The number of hydrogen-bond acceptors (Lipinski definition) is 3. The Hall–Kier alpha value is -1.43. The summed E-state index contributed by atoms with van der Waals surface area (Å²) in [7, 11) is 1.23. The lowest BCUT2D eigenvalue weighted by molar-refractivity contribution is -0.142. The Morgan fingerprint density at radius 3 is 2.71 bits per heavy atom. The molecule has 1 aromatic rings. The van der Waals surface area contributed by atoms with Gasteiger partial charge >= 0.3 is 5.97 Å². The maximum Gasteiger partial charge on any atom is 0.328 e. The van der Waals surface area contributed by atoms with E-state index in [2.05, 4.69) is 26.0 Å². The van der Waals surface area contributed by atoms with Crippen molar-refractivity contribution in [3.63, 3.8) is 0 Å². The van der Waals surface area contributed by atoms with Crippen LogP contribution >= 0.6 is 15.9 Å². The van der Waals surface area contributed by atoms with E-state index in [1.165, 1.54) is 26.2 Å². The molecule has 0 aliphatic rings. The highest BCUT2D eigenvalue weighted by Gasteiger charge is 2.18. The molecular weight excluding hydrogens is 293 g/mol. The number of ether oxygens (including phenoxy) is 1. The fourth-order valence-electron chi connectivity index (χ4n) is 1.18. The molecule has 0 saturated carbocycles. The summed E-state index contributed by atoms with van der Waals surface area (Å²) in [6.07, 6.45) is 0. The highest BCUT2D eigenvalue weighted by molar-refractivity contribution is 9.10. The third kappa shape index (κ3) is 3.52. The van der Waals surface area contributed by atoms with Gasteiger partial charge in [0.15, 0.2) is 0 Å². The monoisotopic (exact) mass is 303 g/mol. The van der Waals surface area contributed by atoms with Gasteiger partial charge in [0.25, 0.3) is 5.91 Å². The van der Waals surface area contributed by atoms with Crippen molar-refractivity contribution >= 4 is 27.8 Å². The molecule has 6 heteroatoms. The number of esters is 1. The first-order valence-electron chi connectivity index (χ1n) is 4.79. The molecule has 0 fully saturated rings. The molecule has 0 saturated heterocycles. The molecule has 1 atom stereocenters. The van der Waals surface area contributed by atoms with E-state index in [4.69, 9.17) is 0 Å². The average Bonchev–Trinajstić information content (AvgIpc) is 2.30. The average molecular weight is 304 g/mol. The van der Waals surface area contributed by atoms with Crippen LogP contribution < -0.4 is 5.32 Å². The van der Waals surface area contributed by atoms with Crippen LogP contribution in [0.3, 0.4) is 0 Å². The number of amides is 1. The Labute approximate surface area is 106 Å². The highest BCUT2D eigenvalue weighted by Crippen LogP contribution is 2.17. The number of carbonyl (C=O) groups excluding carboxylic acids is 2. The van der Waals surface area contributed by atoms with Crippen molar-refractivity contribution in [1.29, 1.82) is 0 Å². The lowest BCUT2D eigenvalue weighted by Crippen LogP contribution is -2.39. The molecule has 4 nitrogen and oxygen atoms in total. The normalized spacial score (nSPS) is 11.8. The zero-order valence-electron chi connectivity index (χ0n) is 9.29. The van der Waals surface area contributed by atoms with E-state index in [-0.39, 0.29) is 5.56 Å². The number of rotatable bonds is 3. The molecule has 0 aliphatic carbocycles. The van der Waals surface area contributed by atoms with Gasteiger partial charge in [0.1, 0.15) is 11.9 Å². The van der Waals surface area contributed by atoms with Crippen LogP contribution in [-0.2, 0) is 9.53 Å². The van der Waals surface area contributed by atoms with Crippen molar-refractivity contribution in [2.75, 3.05) is 7.11 Å². The summed E-state index contributed by atoms with van der Waals surface area (Å²) in [6, 6.07) is 2.95. The SMILES string of the molecule is COC(=O)C(C)NC(=O)c1cc(F)ccc1Br. The predicted octanol–water partition coefficient (Wildman–Crippen LogP) is 1.88. The van der Waals surface area contributed by atoms with Gasteiger partial charge in [-0.05, 0) is 41.1 Å². The zero-order chi connectivity index (χ0) is 13.0. The first-order valence-corrected chi connectivity index (χ1v) is 5.58. The molecule has 0 radical (unpaired) electrons. The molecule has 0 heterocycles. The Kier molecular flexibility index (Phi) is 4.62. The van der Waals surface area contributed by atoms with E-state index in [1.807, 2.05) is 0 Å². The van der Waals surface area contributed by atoms with Crippen LogP contribution in [-0.4, -0.2) is 25.0 Å². The summed E-state index contributed by atoms with van der Waals surface area (Å²) >= 11 is 3.13. The van der Waals surface area contributed by atoms with E-state index < -0.39 is 23.7 Å². The smallest absolute Gasteiger partial charge is 0.328 e. The van der Waals surface area contributed by atoms with Crippen LogP contribution in [0.25, 0.3) is 0 Å². The van der Waals surface area contributed by atoms with Crippen molar-refractivity contribution in [3.8, 4) is 0 Å². The molecule has 1 amide bonds. The van der Waals surface area contributed by atoms with Gasteiger partial charge in [-0.2, -0.15) is 0 Å². The van der Waals surface area contributed by atoms with Gasteiger partial charge in [0, 0.05) is 4.47 Å². The van der Waals surface area contributed by atoms with Gasteiger partial charge in [-0.1, -0.05) is 0 Å². The molecule has 1 aromatic carbocycles. The van der Waals surface area contributed by atoms with Crippen LogP contribution in [0.4, 0.5) is 4.39 Å². The Bertz CT molecular complexity index is 450. The number of nitrogens with one attached hydrogen (secondary N) is 1. The highest BCUT2D eigenvalue weighted by atomic mass is 79.9. The van der Waals surface area contributed by atoms with E-state index in [0.29, 0.717) is 4.47 Å². The number of halogens is 2. The zero-order valence-corrected chi connectivity index (χ0v) is 10.9. The lowest BCUT2D eigenvalue weighted by atomic mass is 10.2. The molecule has 1 N–H and O–H groups in total. The van der Waals surface area contributed by atoms with E-state index in [9.17, 15) is 14.0 Å². The number of hydrogen-bond donors (Lipinski definition) is 1. The van der Waals surface area contributed by atoms with Crippen LogP contribution in [0.2, 0.25) is 0 Å². The van der Waals surface area contributed by atoms with Gasteiger partial charge in [-0.15, -0.1) is 0 Å². The minimum Gasteiger partial charge on any atom is -0.467 e. The third-order valence-corrected chi connectivity index (χ3v) is 2.77. The van der Waals surface area contributed by atoms with Crippen LogP contribution in [0.5, 0.6) is 0 Å². The molecule has 0 bridgehead atoms. The van der Waals surface area contributed by atoms with E-state index in [0.717, 1.165) is 6.07 Å². The molecule has 1 unspecified atom stereocenters. The van der Waals surface area contributed by atoms with Gasteiger partial charge < -0.3 is 10.1 Å². The maximum atomic E-state index is 13.0. The summed E-state index contributed by atoms with van der Waals surface area (Å²) < 4.78 is 17.9. The quantitative estimate of drug-likeness (QED) is 0.868. The molecule has 0 aromatic heterocycles. The van der Waals surface area contributed by atoms with Crippen molar-refractivity contribution in [3.05, 3.63) is 34.1 Å². The first-order chi connectivity index (χ1) is 7.95. The minimum atomic E-state index is -0.789. The van der Waals surface area contributed by atoms with Crippen molar-refractivity contribution in [1.82, 2.24) is 5.32 Å². The summed E-state index contributed by atoms with van der Waals surface area (Å²) in [5.74, 6) is -1.63. The number of methoxy groups -OCH3 is 1. The molecule has 92 valence electrons. The molecule has 0 spiro atoms. The Morgan fingerprint density at radius 1 is 1.47 bits per heavy atom. The van der Waals surface area contributed by atoms with Crippen molar-refractivity contribution in [2.24, 2.45) is 0 Å². The summed E-state index contributed by atoms with van der Waals surface area (Å²) in [6.45, 7) is 1.48. The first kappa shape index (κ1) is 13.6. The fraction of sp³-hybridized carbons (Fsp3) is 0.273. The standard InChI is InChI=1S/C11H11BrFNO3/c1-6(11(16)17-2)14-10(15)8-5-7(13)3-4-9(8)12/h3-6H,1-2H3,(H,14,15). The second kappa shape index (κ2) is 5.77. The van der Waals surface area contributed by atoms with E-state index in [1.54, 1.807) is 0 Å². The third-order valence-electron chi connectivity index (χ3n) is 2.08. The summed E-state index contributed by atoms with van der Waals surface area (Å²) in [4.78, 5) is 22.8. The molecule has 0 aliphatic heterocycles. The Balaban J connectivity index is 2.83. The minimum absolute atomic E-state index is 0.126. The Morgan fingerprint density at radius 2 is 2.12 bits per heavy atom. The topological polar surface area (TPSA) is 55.4 Å². The fourth-order valence-corrected chi connectivity index (χ4v) is 1.61. The maximum absolute atomic E-state index is 13.0. The van der Waals surface area contributed by atoms with Crippen LogP contribution in [0.1, 0.15) is 17.3 Å². The predicted molar refractivity (Wildman–Crippen MR) is 63.0 cm³/mol. The number of carbonyl (C=O) groups is 2. The molecule has 1 rings (SSSR count). The molecule has 17 heavy (non-hydrogen) atoms.